The van der Waals surface area contributed by atoms with Crippen LogP contribution in [0.5, 0.6) is 0 Å². The number of ketones is 1. The Morgan fingerprint density at radius 2 is 2.07 bits per heavy atom. The number of carbonyl (C=O) groups is 3. The maximum absolute atomic E-state index is 12.5. The number of aromatic nitrogens is 6. The molecule has 12 heteroatoms. The van der Waals surface area contributed by atoms with Crippen LogP contribution in [0.25, 0.3) is 0 Å². The van der Waals surface area contributed by atoms with E-state index >= 15 is 0 Å². The highest BCUT2D eigenvalue weighted by atomic mass is 16.5. The van der Waals surface area contributed by atoms with Gasteiger partial charge in [-0.15, -0.1) is 4.68 Å². The Hall–Kier alpha value is -4.09. The van der Waals surface area contributed by atoms with Crippen LogP contribution in [-0.4, -0.2) is 54.1 Å². The van der Waals surface area contributed by atoms with Gasteiger partial charge < -0.3 is 20.1 Å². The molecule has 3 aromatic rings. The van der Waals surface area contributed by atoms with E-state index in [0.29, 0.717) is 6.54 Å². The number of benzene rings is 1. The van der Waals surface area contributed by atoms with Crippen LogP contribution in [0.4, 0.5) is 4.79 Å². The predicted octanol–water partition coefficient (Wildman–Crippen LogP) is -0.324. The van der Waals surface area contributed by atoms with E-state index in [-0.39, 0.29) is 13.2 Å². The fourth-order valence-electron chi connectivity index (χ4n) is 2.59. The summed E-state index contributed by atoms with van der Waals surface area (Å²) in [4.78, 5) is 42.5. The number of alkyl carbamates (subject to hydrolysis) is 1. The van der Waals surface area contributed by atoms with Gasteiger partial charge in [0.1, 0.15) is 24.4 Å². The fourth-order valence-corrected chi connectivity index (χ4v) is 2.59. The molecule has 0 radical (unpaired) electrons. The average molecular weight is 414 g/mol. The van der Waals surface area contributed by atoms with Crippen LogP contribution in [-0.2, 0) is 34.0 Å². The zero-order valence-corrected chi connectivity index (χ0v) is 15.8. The molecule has 3 N–H and O–H groups in total. The first-order chi connectivity index (χ1) is 14.5. The molecular formula is C18H20N7O5+. The lowest BCUT2D eigenvalue weighted by molar-refractivity contribution is -0.747. The zero-order valence-electron chi connectivity index (χ0n) is 15.8. The van der Waals surface area contributed by atoms with Gasteiger partial charge in [-0.25, -0.2) is 9.78 Å². The molecule has 0 saturated carbocycles. The third kappa shape index (κ3) is 6.22. The van der Waals surface area contributed by atoms with E-state index in [9.17, 15) is 14.4 Å². The molecule has 1 amide bonds. The van der Waals surface area contributed by atoms with E-state index in [0.717, 1.165) is 11.3 Å². The first-order valence-corrected chi connectivity index (χ1v) is 8.98. The second kappa shape index (κ2) is 9.91. The number of amides is 1. The molecule has 1 aromatic carbocycles. The summed E-state index contributed by atoms with van der Waals surface area (Å²) >= 11 is 0. The van der Waals surface area contributed by atoms with Gasteiger partial charge in [-0.3, -0.25) is 9.59 Å². The largest absolute Gasteiger partial charge is 0.481 e. The summed E-state index contributed by atoms with van der Waals surface area (Å²) in [6.07, 6.45) is 3.19. The minimum Gasteiger partial charge on any atom is -0.481 e. The number of carboxylic acids is 1. The lowest BCUT2D eigenvalue weighted by atomic mass is 10.1. The number of H-pyrrole nitrogens is 1. The van der Waals surface area contributed by atoms with Gasteiger partial charge in [-0.05, 0) is 5.56 Å². The highest BCUT2D eigenvalue weighted by Gasteiger charge is 2.27. The van der Waals surface area contributed by atoms with Gasteiger partial charge in [0.05, 0.1) is 24.6 Å². The van der Waals surface area contributed by atoms with Crippen LogP contribution >= 0.6 is 0 Å². The maximum Gasteiger partial charge on any atom is 0.408 e. The quantitative estimate of drug-likeness (QED) is 0.381. The topological polar surface area (TPSA) is 156 Å². The average Bonchev–Trinajstić information content (AvgIpc) is 3.39. The number of aliphatic carboxylic acids is 1. The number of nitrogens with zero attached hydrogens (tertiary/aromatic N) is 5. The molecule has 0 aliphatic rings. The van der Waals surface area contributed by atoms with Gasteiger partial charge in [0.2, 0.25) is 6.33 Å². The van der Waals surface area contributed by atoms with Gasteiger partial charge in [0.15, 0.2) is 17.5 Å². The summed E-state index contributed by atoms with van der Waals surface area (Å²) in [6.45, 7) is 0.105. The van der Waals surface area contributed by atoms with E-state index in [4.69, 9.17) is 9.84 Å². The smallest absolute Gasteiger partial charge is 0.408 e. The Bertz CT molecular complexity index is 988. The molecule has 0 fully saturated rings. The monoisotopic (exact) mass is 414 g/mol. The first-order valence-electron chi connectivity index (χ1n) is 8.98. The number of tetrazole rings is 1. The number of imidazole rings is 1. The summed E-state index contributed by atoms with van der Waals surface area (Å²) in [7, 11) is 0. The molecule has 1 unspecified atom stereocenters. The van der Waals surface area contributed by atoms with Gasteiger partial charge in [-0.1, -0.05) is 35.0 Å². The minimum absolute atomic E-state index is 0.00265. The molecule has 2 heterocycles. The molecule has 0 aliphatic heterocycles. The van der Waals surface area contributed by atoms with E-state index in [1.54, 1.807) is 30.5 Å². The van der Waals surface area contributed by atoms with Gasteiger partial charge >= 0.3 is 12.1 Å². The highest BCUT2D eigenvalue weighted by molar-refractivity contribution is 5.90. The Morgan fingerprint density at radius 3 is 2.77 bits per heavy atom. The number of nitrogens with one attached hydrogen (secondary N) is 2. The Balaban J connectivity index is 1.56. The van der Waals surface area contributed by atoms with Crippen molar-refractivity contribution in [1.82, 2.24) is 30.4 Å². The third-order valence-corrected chi connectivity index (χ3v) is 4.01. The van der Waals surface area contributed by atoms with Crippen molar-refractivity contribution in [3.8, 4) is 0 Å². The van der Waals surface area contributed by atoms with E-state index in [2.05, 4.69) is 25.7 Å². The Kier molecular flexibility index (Phi) is 6.82. The molecule has 0 bridgehead atoms. The second-order valence-electron chi connectivity index (χ2n) is 6.39. The standard InChI is InChI=1S/C18H19N7O5/c26-16(9-25-12-24(22-23-25)8-14-7-19-11-20-14)15(6-17(27)28)21-18(29)30-10-13-4-2-1-3-5-13/h1-5,7,11-12,15H,6,8-10H2,(H2-,19,20,21,27,28,29)/p+1. The van der Waals surface area contributed by atoms with Crippen LogP contribution < -0.4 is 10.00 Å². The summed E-state index contributed by atoms with van der Waals surface area (Å²) in [6, 6.07) is 7.70. The summed E-state index contributed by atoms with van der Waals surface area (Å²) in [5, 5.41) is 19.1. The molecule has 2 aromatic heterocycles. The van der Waals surface area contributed by atoms with Crippen molar-refractivity contribution in [1.29, 1.82) is 0 Å². The normalized spacial score (nSPS) is 11.6. The molecule has 30 heavy (non-hydrogen) atoms. The van der Waals surface area contributed by atoms with Crippen molar-refractivity contribution in [2.24, 2.45) is 0 Å². The van der Waals surface area contributed by atoms with Crippen molar-refractivity contribution in [3.05, 3.63) is 60.4 Å². The van der Waals surface area contributed by atoms with Crippen LogP contribution in [0.3, 0.4) is 0 Å². The lowest BCUT2D eigenvalue weighted by Crippen LogP contribution is -2.44. The molecule has 0 saturated heterocycles. The van der Waals surface area contributed by atoms with Gasteiger partial charge in [0.25, 0.3) is 0 Å². The number of hydrogen-bond donors (Lipinski definition) is 3. The second-order valence-corrected chi connectivity index (χ2v) is 6.39. The molecule has 1 atom stereocenters. The van der Waals surface area contributed by atoms with Crippen LogP contribution in [0.2, 0.25) is 0 Å². The van der Waals surface area contributed by atoms with Gasteiger partial charge in [-0.2, -0.15) is 0 Å². The molecule has 156 valence electrons. The molecule has 0 spiro atoms. The van der Waals surface area contributed by atoms with Crippen molar-refractivity contribution >= 4 is 17.8 Å². The summed E-state index contributed by atoms with van der Waals surface area (Å²) < 4.78 is 7.80. The van der Waals surface area contributed by atoms with Crippen molar-refractivity contribution < 1.29 is 28.9 Å². The minimum atomic E-state index is -1.27. The third-order valence-electron chi connectivity index (χ3n) is 4.01. The summed E-state index contributed by atoms with van der Waals surface area (Å²) in [5.41, 5.74) is 1.56. The number of carboxylic acid groups (broad SMARTS) is 1. The SMILES string of the molecule is O=C(O)CC(NC(=O)OCc1ccccc1)C(=O)Cn1c[n+](Cc2cnc[nH]2)nn1. The molecule has 3 rings (SSSR count). The van der Waals surface area contributed by atoms with Crippen molar-refractivity contribution in [2.75, 3.05) is 0 Å². The number of carbonyl (C=O) groups excluding carboxylic acids is 2. The van der Waals surface area contributed by atoms with Crippen LogP contribution in [0.15, 0.2) is 49.2 Å². The lowest BCUT2D eigenvalue weighted by Gasteiger charge is -2.14. The Labute approximate surface area is 170 Å². The summed E-state index contributed by atoms with van der Waals surface area (Å²) in [5.74, 6) is -1.78. The number of aromatic amines is 1. The van der Waals surface area contributed by atoms with E-state index < -0.39 is 30.3 Å². The van der Waals surface area contributed by atoms with Crippen molar-refractivity contribution in [2.45, 2.75) is 32.2 Å². The molecular weight excluding hydrogens is 394 g/mol. The van der Waals surface area contributed by atoms with Crippen LogP contribution in [0, 0.1) is 0 Å². The van der Waals surface area contributed by atoms with E-state index in [1.165, 1.54) is 22.0 Å². The van der Waals surface area contributed by atoms with Crippen molar-refractivity contribution in [3.63, 3.8) is 0 Å². The highest BCUT2D eigenvalue weighted by Crippen LogP contribution is 2.03. The number of ether oxygens (including phenoxy) is 1. The number of hydrogen-bond acceptors (Lipinski definition) is 7. The first kappa shape index (κ1) is 20.6. The Morgan fingerprint density at radius 1 is 1.27 bits per heavy atom. The zero-order chi connectivity index (χ0) is 21.3. The maximum atomic E-state index is 12.5. The fraction of sp³-hybridized carbons (Fsp3) is 0.278. The van der Waals surface area contributed by atoms with Crippen LogP contribution in [0.1, 0.15) is 17.7 Å². The number of rotatable bonds is 10. The number of Topliss-reactive ketones (excluding diaryl/α,β-unsaturated/α-hetero) is 1. The molecule has 0 aliphatic carbocycles. The van der Waals surface area contributed by atoms with Gasteiger partial charge in [0, 0.05) is 0 Å². The molecule has 12 nitrogen and oxygen atoms in total. The predicted molar refractivity (Wildman–Crippen MR) is 98.7 cm³/mol. The van der Waals surface area contributed by atoms with E-state index in [1.807, 2.05) is 6.07 Å².